The van der Waals surface area contributed by atoms with Crippen LogP contribution in [0.1, 0.15) is 48.3 Å². The number of hydroxylamine groups is 2. The SMILES string of the molecule is Cc1cc(C2CC2)cc(C)c1N1C=C2C(=O)NC(N3CCCCO3)NC2N1. The first-order valence-corrected chi connectivity index (χ1v) is 9.95. The fraction of sp³-hybridized carbons (Fsp3) is 0.550. The van der Waals surface area contributed by atoms with Gasteiger partial charge in [-0.15, -0.1) is 0 Å². The van der Waals surface area contributed by atoms with E-state index in [1.165, 1.54) is 29.5 Å². The highest BCUT2D eigenvalue weighted by Gasteiger charge is 2.39. The van der Waals surface area contributed by atoms with Gasteiger partial charge in [0.15, 0.2) is 6.29 Å². The summed E-state index contributed by atoms with van der Waals surface area (Å²) in [5, 5.41) is 10.3. The average Bonchev–Trinajstić information content (AvgIpc) is 3.42. The number of carbonyl (C=O) groups is 1. The number of hydrogen-bond acceptors (Lipinski definition) is 6. The lowest BCUT2D eigenvalue weighted by atomic mass is 10.0. The van der Waals surface area contributed by atoms with Gasteiger partial charge in [-0.25, -0.2) is 5.43 Å². The summed E-state index contributed by atoms with van der Waals surface area (Å²) in [4.78, 5) is 18.4. The number of carbonyl (C=O) groups excluding carboxylic acids is 1. The average molecular weight is 369 g/mol. The molecule has 4 aliphatic rings. The highest BCUT2D eigenvalue weighted by Crippen LogP contribution is 2.42. The van der Waals surface area contributed by atoms with Crippen molar-refractivity contribution in [3.05, 3.63) is 40.6 Å². The van der Waals surface area contributed by atoms with Crippen molar-refractivity contribution < 1.29 is 9.63 Å². The molecular weight excluding hydrogens is 342 g/mol. The highest BCUT2D eigenvalue weighted by molar-refractivity contribution is 5.96. The van der Waals surface area contributed by atoms with Crippen LogP contribution in [-0.4, -0.2) is 36.6 Å². The first-order chi connectivity index (χ1) is 13.1. The Morgan fingerprint density at radius 2 is 1.93 bits per heavy atom. The lowest BCUT2D eigenvalue weighted by molar-refractivity contribution is -0.222. The minimum atomic E-state index is -0.313. The predicted molar refractivity (Wildman–Crippen MR) is 102 cm³/mol. The van der Waals surface area contributed by atoms with E-state index in [-0.39, 0.29) is 18.4 Å². The Bertz CT molecular complexity index is 775. The molecule has 3 heterocycles. The maximum Gasteiger partial charge on any atom is 0.254 e. The minimum Gasteiger partial charge on any atom is -0.322 e. The molecule has 27 heavy (non-hydrogen) atoms. The van der Waals surface area contributed by atoms with Crippen molar-refractivity contribution in [1.82, 2.24) is 21.1 Å². The third-order valence-corrected chi connectivity index (χ3v) is 5.82. The second-order valence-electron chi connectivity index (χ2n) is 8.02. The maximum atomic E-state index is 12.7. The van der Waals surface area contributed by atoms with E-state index in [1.54, 1.807) is 0 Å². The van der Waals surface area contributed by atoms with Gasteiger partial charge in [0, 0.05) is 12.7 Å². The Morgan fingerprint density at radius 1 is 1.15 bits per heavy atom. The molecule has 1 saturated carbocycles. The van der Waals surface area contributed by atoms with Gasteiger partial charge in [-0.2, -0.15) is 5.06 Å². The molecule has 2 saturated heterocycles. The van der Waals surface area contributed by atoms with Crippen molar-refractivity contribution in [3.63, 3.8) is 0 Å². The summed E-state index contributed by atoms with van der Waals surface area (Å²) in [5.74, 6) is 0.680. The van der Waals surface area contributed by atoms with Crippen molar-refractivity contribution in [2.45, 2.75) is 57.9 Å². The van der Waals surface area contributed by atoms with Gasteiger partial charge in [0.2, 0.25) is 0 Å². The number of nitrogens with one attached hydrogen (secondary N) is 3. The summed E-state index contributed by atoms with van der Waals surface area (Å²) < 4.78 is 0. The molecule has 1 amide bonds. The summed E-state index contributed by atoms with van der Waals surface area (Å²) in [6.07, 6.45) is 6.11. The summed E-state index contributed by atoms with van der Waals surface area (Å²) >= 11 is 0. The number of hydrazine groups is 1. The van der Waals surface area contributed by atoms with E-state index in [0.717, 1.165) is 31.0 Å². The second kappa shape index (κ2) is 6.60. The Balaban J connectivity index is 1.37. The van der Waals surface area contributed by atoms with Gasteiger partial charge in [0.1, 0.15) is 6.17 Å². The largest absolute Gasteiger partial charge is 0.322 e. The molecule has 144 valence electrons. The maximum absolute atomic E-state index is 12.7. The molecule has 3 fully saturated rings. The topological polar surface area (TPSA) is 68.9 Å². The van der Waals surface area contributed by atoms with Crippen molar-refractivity contribution in [1.29, 1.82) is 0 Å². The van der Waals surface area contributed by atoms with Crippen molar-refractivity contribution in [2.75, 3.05) is 18.2 Å². The van der Waals surface area contributed by atoms with E-state index in [4.69, 9.17) is 4.84 Å². The zero-order chi connectivity index (χ0) is 18.5. The molecule has 2 atom stereocenters. The molecule has 1 aromatic carbocycles. The summed E-state index contributed by atoms with van der Waals surface area (Å²) in [5.41, 5.74) is 9.18. The van der Waals surface area contributed by atoms with E-state index < -0.39 is 0 Å². The molecule has 1 aliphatic carbocycles. The van der Waals surface area contributed by atoms with Crippen LogP contribution in [0.2, 0.25) is 0 Å². The molecular formula is C20H27N5O2. The molecule has 7 nitrogen and oxygen atoms in total. The Labute approximate surface area is 159 Å². The zero-order valence-electron chi connectivity index (χ0n) is 15.9. The quantitative estimate of drug-likeness (QED) is 0.754. The Morgan fingerprint density at radius 3 is 2.59 bits per heavy atom. The van der Waals surface area contributed by atoms with Crippen LogP contribution in [0.15, 0.2) is 23.9 Å². The van der Waals surface area contributed by atoms with E-state index in [2.05, 4.69) is 42.0 Å². The third-order valence-electron chi connectivity index (χ3n) is 5.82. The van der Waals surface area contributed by atoms with Gasteiger partial charge in [0.25, 0.3) is 5.91 Å². The lowest BCUT2D eigenvalue weighted by Crippen LogP contribution is -2.67. The summed E-state index contributed by atoms with van der Waals surface area (Å²) in [6.45, 7) is 5.81. The first-order valence-electron chi connectivity index (χ1n) is 9.95. The molecule has 3 N–H and O–H groups in total. The molecule has 1 aromatic rings. The molecule has 3 aliphatic heterocycles. The second-order valence-corrected chi connectivity index (χ2v) is 8.02. The lowest BCUT2D eigenvalue weighted by Gasteiger charge is -2.39. The molecule has 0 radical (unpaired) electrons. The first kappa shape index (κ1) is 17.2. The normalized spacial score (nSPS) is 28.7. The molecule has 5 rings (SSSR count). The standard InChI is InChI=1S/C20H27N5O2/c1-12-9-15(14-5-6-14)10-13(2)17(12)24-11-16-18(23-24)21-20(22-19(16)26)25-7-3-4-8-27-25/h9-11,14,18,20-21,23H,3-8H2,1-2H3,(H,22,26). The van der Waals surface area contributed by atoms with Crippen LogP contribution < -0.4 is 21.1 Å². The number of nitrogens with zero attached hydrogens (tertiary/aromatic N) is 2. The van der Waals surface area contributed by atoms with Crippen LogP contribution in [0, 0.1) is 13.8 Å². The summed E-state index contributed by atoms with van der Waals surface area (Å²) in [7, 11) is 0. The third kappa shape index (κ3) is 3.14. The molecule has 7 heteroatoms. The number of amides is 1. The highest BCUT2D eigenvalue weighted by atomic mass is 16.7. The fourth-order valence-electron chi connectivity index (χ4n) is 4.31. The molecule has 0 bridgehead atoms. The van der Waals surface area contributed by atoms with Crippen LogP contribution in [0.3, 0.4) is 0 Å². The van der Waals surface area contributed by atoms with Gasteiger partial charge in [-0.3, -0.25) is 20.0 Å². The van der Waals surface area contributed by atoms with E-state index in [0.29, 0.717) is 12.2 Å². The summed E-state index contributed by atoms with van der Waals surface area (Å²) in [6, 6.07) is 4.58. The van der Waals surface area contributed by atoms with Crippen LogP contribution >= 0.6 is 0 Å². The molecule has 2 unspecified atom stereocenters. The molecule has 0 aromatic heterocycles. The number of benzene rings is 1. The van der Waals surface area contributed by atoms with Gasteiger partial charge < -0.3 is 5.32 Å². The van der Waals surface area contributed by atoms with E-state index in [1.807, 2.05) is 16.3 Å². The predicted octanol–water partition coefficient (Wildman–Crippen LogP) is 1.75. The van der Waals surface area contributed by atoms with Crippen LogP contribution in [0.25, 0.3) is 0 Å². The Hall–Kier alpha value is -1.93. The number of rotatable bonds is 3. The van der Waals surface area contributed by atoms with Gasteiger partial charge in [-0.1, -0.05) is 12.1 Å². The minimum absolute atomic E-state index is 0.0576. The number of anilines is 1. The number of fused-ring (bicyclic) bond motifs is 1. The zero-order valence-corrected chi connectivity index (χ0v) is 15.9. The Kier molecular flexibility index (Phi) is 4.20. The smallest absolute Gasteiger partial charge is 0.254 e. The van der Waals surface area contributed by atoms with Crippen molar-refractivity contribution in [2.24, 2.45) is 0 Å². The van der Waals surface area contributed by atoms with E-state index >= 15 is 0 Å². The van der Waals surface area contributed by atoms with Gasteiger partial charge >= 0.3 is 0 Å². The number of aryl methyl sites for hydroxylation is 2. The fourth-order valence-corrected chi connectivity index (χ4v) is 4.31. The number of hydrogen-bond donors (Lipinski definition) is 3. The van der Waals surface area contributed by atoms with Crippen molar-refractivity contribution in [3.8, 4) is 0 Å². The van der Waals surface area contributed by atoms with Crippen LogP contribution in [-0.2, 0) is 9.63 Å². The van der Waals surface area contributed by atoms with Crippen molar-refractivity contribution >= 4 is 11.6 Å². The van der Waals surface area contributed by atoms with Gasteiger partial charge in [-0.05, 0) is 62.1 Å². The van der Waals surface area contributed by atoms with Crippen LogP contribution in [0.5, 0.6) is 0 Å². The van der Waals surface area contributed by atoms with E-state index in [9.17, 15) is 4.79 Å². The van der Waals surface area contributed by atoms with Gasteiger partial charge in [0.05, 0.1) is 17.9 Å². The molecule has 0 spiro atoms. The van der Waals surface area contributed by atoms with Crippen LogP contribution in [0.4, 0.5) is 5.69 Å². The monoisotopic (exact) mass is 369 g/mol.